The third-order valence-electron chi connectivity index (χ3n) is 3.89. The molecule has 106 valence electrons. The summed E-state index contributed by atoms with van der Waals surface area (Å²) in [5.74, 6) is 1.32. The summed E-state index contributed by atoms with van der Waals surface area (Å²) in [6.45, 7) is 2.99. The number of aryl methyl sites for hydroxylation is 1. The lowest BCUT2D eigenvalue weighted by atomic mass is 9.94. The van der Waals surface area contributed by atoms with Crippen LogP contribution >= 0.6 is 11.3 Å². The summed E-state index contributed by atoms with van der Waals surface area (Å²) in [5.41, 5.74) is 4.83. The molecule has 1 aliphatic rings. The number of benzene rings is 1. The first-order valence-electron chi connectivity index (χ1n) is 7.01. The van der Waals surface area contributed by atoms with E-state index in [9.17, 15) is 0 Å². The number of hydrogen-bond acceptors (Lipinski definition) is 5. The van der Waals surface area contributed by atoms with Crippen molar-refractivity contribution in [1.82, 2.24) is 15.5 Å². The molecule has 3 aromatic rings. The summed E-state index contributed by atoms with van der Waals surface area (Å²) >= 11 is 1.66. The molecule has 1 unspecified atom stereocenters. The average Bonchev–Trinajstić information content (AvgIpc) is 3.15. The number of aromatic nitrogens is 2. The third-order valence-corrected chi connectivity index (χ3v) is 4.76. The van der Waals surface area contributed by atoms with Crippen molar-refractivity contribution >= 4 is 11.3 Å². The fourth-order valence-electron chi connectivity index (χ4n) is 2.78. The van der Waals surface area contributed by atoms with Crippen molar-refractivity contribution in [3.63, 3.8) is 0 Å². The van der Waals surface area contributed by atoms with E-state index in [0.717, 1.165) is 18.5 Å². The molecule has 0 radical (unpaired) electrons. The minimum absolute atomic E-state index is 0.00450. The van der Waals surface area contributed by atoms with E-state index in [4.69, 9.17) is 4.52 Å². The van der Waals surface area contributed by atoms with Gasteiger partial charge in [-0.15, -0.1) is 0 Å². The van der Waals surface area contributed by atoms with E-state index in [0.29, 0.717) is 11.7 Å². The van der Waals surface area contributed by atoms with Gasteiger partial charge >= 0.3 is 0 Å². The Morgan fingerprint density at radius 3 is 3.05 bits per heavy atom. The second-order valence-electron chi connectivity index (χ2n) is 5.26. The van der Waals surface area contributed by atoms with Gasteiger partial charge in [0.1, 0.15) is 6.04 Å². The molecule has 4 nitrogen and oxygen atoms in total. The molecule has 0 bridgehead atoms. The van der Waals surface area contributed by atoms with Crippen molar-refractivity contribution < 1.29 is 4.52 Å². The predicted molar refractivity (Wildman–Crippen MR) is 82.3 cm³/mol. The second-order valence-corrected chi connectivity index (χ2v) is 6.00. The molecule has 0 fully saturated rings. The molecule has 1 atom stereocenters. The minimum atomic E-state index is -0.00450. The molecule has 2 aromatic heterocycles. The predicted octanol–water partition coefficient (Wildman–Crippen LogP) is 3.34. The highest BCUT2D eigenvalue weighted by Crippen LogP contribution is 2.30. The zero-order valence-corrected chi connectivity index (χ0v) is 12.5. The molecule has 0 saturated carbocycles. The molecule has 1 aliphatic heterocycles. The van der Waals surface area contributed by atoms with Gasteiger partial charge in [-0.05, 0) is 35.4 Å². The Labute approximate surface area is 126 Å². The van der Waals surface area contributed by atoms with Gasteiger partial charge in [-0.25, -0.2) is 0 Å². The molecule has 0 saturated heterocycles. The number of rotatable bonds is 2. The molecular formula is C16H15N3OS. The Kier molecular flexibility index (Phi) is 3.09. The highest BCUT2D eigenvalue weighted by atomic mass is 32.1. The average molecular weight is 297 g/mol. The number of fused-ring (bicyclic) bond motifs is 1. The first-order chi connectivity index (χ1) is 10.3. The van der Waals surface area contributed by atoms with Crippen LogP contribution < -0.4 is 5.32 Å². The summed E-state index contributed by atoms with van der Waals surface area (Å²) in [6.07, 6.45) is 1.04. The molecule has 4 rings (SSSR count). The Bertz CT molecular complexity index is 777. The standard InChI is InChI=1S/C16H15N3OS/c1-10-8-21-9-13(10)15-18-16(20-19-15)14-12-5-3-2-4-11(12)6-7-17-14/h2-5,8-9,14,17H,6-7H2,1H3. The minimum Gasteiger partial charge on any atom is -0.337 e. The molecule has 0 spiro atoms. The quantitative estimate of drug-likeness (QED) is 0.788. The fraction of sp³-hybridized carbons (Fsp3) is 0.250. The fourth-order valence-corrected chi connectivity index (χ4v) is 3.60. The van der Waals surface area contributed by atoms with Crippen LogP contribution in [0.1, 0.15) is 28.6 Å². The van der Waals surface area contributed by atoms with Gasteiger partial charge in [0.05, 0.1) is 0 Å². The molecule has 0 aliphatic carbocycles. The van der Waals surface area contributed by atoms with Crippen molar-refractivity contribution in [2.75, 3.05) is 6.54 Å². The van der Waals surface area contributed by atoms with Crippen LogP contribution in [0.25, 0.3) is 11.4 Å². The summed E-state index contributed by atoms with van der Waals surface area (Å²) in [5, 5.41) is 11.8. The number of thiophene rings is 1. The first kappa shape index (κ1) is 12.7. The summed E-state index contributed by atoms with van der Waals surface area (Å²) < 4.78 is 5.52. The number of hydrogen-bond donors (Lipinski definition) is 1. The number of nitrogens with one attached hydrogen (secondary N) is 1. The van der Waals surface area contributed by atoms with Crippen LogP contribution in [0, 0.1) is 6.92 Å². The normalized spacial score (nSPS) is 17.7. The Balaban J connectivity index is 1.73. The highest BCUT2D eigenvalue weighted by molar-refractivity contribution is 7.08. The van der Waals surface area contributed by atoms with Crippen LogP contribution in [-0.4, -0.2) is 16.7 Å². The first-order valence-corrected chi connectivity index (χ1v) is 7.95. The monoisotopic (exact) mass is 297 g/mol. The summed E-state index contributed by atoms with van der Waals surface area (Å²) in [7, 11) is 0. The van der Waals surface area contributed by atoms with E-state index < -0.39 is 0 Å². The highest BCUT2D eigenvalue weighted by Gasteiger charge is 2.26. The SMILES string of the molecule is Cc1cscc1-c1noc(C2NCCc3ccccc32)n1. The van der Waals surface area contributed by atoms with E-state index >= 15 is 0 Å². The molecular weight excluding hydrogens is 282 g/mol. The van der Waals surface area contributed by atoms with Gasteiger partial charge in [0.15, 0.2) is 0 Å². The van der Waals surface area contributed by atoms with Gasteiger partial charge < -0.3 is 9.84 Å². The van der Waals surface area contributed by atoms with Gasteiger partial charge in [0.2, 0.25) is 11.7 Å². The van der Waals surface area contributed by atoms with Gasteiger partial charge in [-0.2, -0.15) is 16.3 Å². The smallest absolute Gasteiger partial charge is 0.248 e. The van der Waals surface area contributed by atoms with Crippen molar-refractivity contribution in [2.24, 2.45) is 0 Å². The van der Waals surface area contributed by atoms with Gasteiger partial charge in [0, 0.05) is 17.5 Å². The van der Waals surface area contributed by atoms with Crippen LogP contribution in [0.3, 0.4) is 0 Å². The van der Waals surface area contributed by atoms with Crippen LogP contribution in [0.5, 0.6) is 0 Å². The molecule has 3 heterocycles. The van der Waals surface area contributed by atoms with E-state index in [1.54, 1.807) is 11.3 Å². The maximum absolute atomic E-state index is 5.52. The van der Waals surface area contributed by atoms with Crippen molar-refractivity contribution in [2.45, 2.75) is 19.4 Å². The zero-order chi connectivity index (χ0) is 14.2. The third kappa shape index (κ3) is 2.18. The maximum Gasteiger partial charge on any atom is 0.248 e. The topological polar surface area (TPSA) is 51.0 Å². The molecule has 5 heteroatoms. The van der Waals surface area contributed by atoms with Crippen molar-refractivity contribution in [3.8, 4) is 11.4 Å². The Morgan fingerprint density at radius 2 is 2.19 bits per heavy atom. The summed E-state index contributed by atoms with van der Waals surface area (Å²) in [4.78, 5) is 4.60. The van der Waals surface area contributed by atoms with Crippen LogP contribution in [0.2, 0.25) is 0 Å². The number of nitrogens with zero attached hydrogens (tertiary/aromatic N) is 2. The lowest BCUT2D eigenvalue weighted by Crippen LogP contribution is -2.30. The second kappa shape index (κ2) is 5.09. The lowest BCUT2D eigenvalue weighted by molar-refractivity contribution is 0.344. The van der Waals surface area contributed by atoms with Crippen LogP contribution in [-0.2, 0) is 6.42 Å². The molecule has 1 aromatic carbocycles. The molecule has 21 heavy (non-hydrogen) atoms. The maximum atomic E-state index is 5.52. The molecule has 1 N–H and O–H groups in total. The zero-order valence-electron chi connectivity index (χ0n) is 11.7. The van der Waals surface area contributed by atoms with Gasteiger partial charge in [-0.3, -0.25) is 0 Å². The van der Waals surface area contributed by atoms with Gasteiger partial charge in [-0.1, -0.05) is 29.4 Å². The van der Waals surface area contributed by atoms with Crippen LogP contribution in [0.15, 0.2) is 39.5 Å². The largest absolute Gasteiger partial charge is 0.337 e. The van der Waals surface area contributed by atoms with Gasteiger partial charge in [0.25, 0.3) is 0 Å². The van der Waals surface area contributed by atoms with E-state index in [-0.39, 0.29) is 6.04 Å². The van der Waals surface area contributed by atoms with E-state index in [2.05, 4.69) is 57.4 Å². The Morgan fingerprint density at radius 1 is 1.29 bits per heavy atom. The Hall–Kier alpha value is -1.98. The lowest BCUT2D eigenvalue weighted by Gasteiger charge is -2.23. The molecule has 0 amide bonds. The van der Waals surface area contributed by atoms with Crippen molar-refractivity contribution in [1.29, 1.82) is 0 Å². The van der Waals surface area contributed by atoms with Crippen LogP contribution in [0.4, 0.5) is 0 Å². The summed E-state index contributed by atoms with van der Waals surface area (Å²) in [6, 6.07) is 8.43. The van der Waals surface area contributed by atoms with Crippen molar-refractivity contribution in [3.05, 3.63) is 57.6 Å². The van der Waals surface area contributed by atoms with E-state index in [1.165, 1.54) is 16.7 Å². The van der Waals surface area contributed by atoms with E-state index in [1.807, 2.05) is 0 Å².